The number of hydrogen-bond donors (Lipinski definition) is 0. The Balaban J connectivity index is 1.16. The van der Waals surface area contributed by atoms with E-state index in [1.165, 1.54) is 44.5 Å². The van der Waals surface area contributed by atoms with Crippen LogP contribution in [0.4, 0.5) is 0 Å². The lowest BCUT2D eigenvalue weighted by Gasteiger charge is -2.24. The molecule has 0 fully saturated rings. The molecular weight excluding hydrogens is 553 g/mol. The Morgan fingerprint density at radius 3 is 1.57 bits per heavy atom. The highest BCUT2D eigenvalue weighted by Crippen LogP contribution is 2.56. The van der Waals surface area contributed by atoms with Gasteiger partial charge in [-0.25, -0.2) is 0 Å². The Labute approximate surface area is 277 Å². The van der Waals surface area contributed by atoms with E-state index >= 15 is 0 Å². The first-order chi connectivity index (χ1) is 24.4. The van der Waals surface area contributed by atoms with Gasteiger partial charge in [-0.2, -0.15) is 0 Å². The molecule has 0 saturated heterocycles. The van der Waals surface area contributed by atoms with Crippen molar-refractivity contribution in [1.82, 2.24) is 0 Å². The van der Waals surface area contributed by atoms with E-state index in [1.54, 1.807) is 0 Å². The normalized spacial score (nSPS) is 16.8. The van der Waals surface area contributed by atoms with Gasteiger partial charge < -0.3 is 0 Å². The van der Waals surface area contributed by atoms with Crippen LogP contribution in [0.3, 0.4) is 0 Å². The maximum absolute atomic E-state index is 8.71. The predicted molar refractivity (Wildman–Crippen MR) is 196 cm³/mol. The Bertz CT molecular complexity index is 2830. The minimum absolute atomic E-state index is 0.0576. The van der Waals surface area contributed by atoms with Crippen molar-refractivity contribution >= 4 is 32.3 Å². The average Bonchev–Trinajstić information content (AvgIpc) is 3.50. The molecule has 0 N–H and O–H groups in total. The van der Waals surface area contributed by atoms with Crippen molar-refractivity contribution in [1.29, 1.82) is 0 Å². The summed E-state index contributed by atoms with van der Waals surface area (Å²) in [5.41, 5.74) is 13.8. The first-order valence-corrected chi connectivity index (χ1v) is 16.1. The summed E-state index contributed by atoms with van der Waals surface area (Å²) >= 11 is 0. The van der Waals surface area contributed by atoms with Crippen LogP contribution in [0.2, 0.25) is 0 Å². The van der Waals surface area contributed by atoms with Crippen LogP contribution >= 0.6 is 0 Å². The summed E-state index contributed by atoms with van der Waals surface area (Å²) in [6.45, 7) is 9.39. The molecule has 0 heterocycles. The van der Waals surface area contributed by atoms with Crippen molar-refractivity contribution in [2.45, 2.75) is 38.5 Å². The van der Waals surface area contributed by atoms with Crippen LogP contribution in [0.1, 0.15) is 56.8 Å². The van der Waals surface area contributed by atoms with Gasteiger partial charge in [0, 0.05) is 10.8 Å². The van der Waals surface area contributed by atoms with E-state index < -0.39 is 0 Å². The van der Waals surface area contributed by atoms with Crippen molar-refractivity contribution in [3.8, 4) is 44.5 Å². The minimum Gasteiger partial charge on any atom is -0.0622 e. The lowest BCUT2D eigenvalue weighted by molar-refractivity contribution is 0.652. The smallest absolute Gasteiger partial charge is 0.0622 e. The number of fused-ring (bicyclic) bond motifs is 6. The Morgan fingerprint density at radius 2 is 0.913 bits per heavy atom. The van der Waals surface area contributed by atoms with Gasteiger partial charge in [0.2, 0.25) is 0 Å². The fraction of sp³-hybridized carbons (Fsp3) is 0.130. The SMILES string of the molecule is [2H]c1c([2H])c([2H])c(-c2ccc3ccc4c(-c5ccc6c(c5)C(C)(C)c5cc7c(cc5-6)C(C)(C)c5ccccc5-7)ccc5ccc2c3c54)c([2H])c1[2H]. The summed E-state index contributed by atoms with van der Waals surface area (Å²) in [6, 6.07) is 36.1. The molecule has 2 aliphatic carbocycles. The summed E-state index contributed by atoms with van der Waals surface area (Å²) in [4.78, 5) is 0. The first-order valence-electron chi connectivity index (χ1n) is 18.6. The molecule has 0 nitrogen and oxygen atoms in total. The Morgan fingerprint density at radius 1 is 0.413 bits per heavy atom. The quantitative estimate of drug-likeness (QED) is 0.175. The molecule has 0 bridgehead atoms. The summed E-state index contributed by atoms with van der Waals surface area (Å²) in [5.74, 6) is 0. The van der Waals surface area contributed by atoms with Gasteiger partial charge in [0.1, 0.15) is 0 Å². The van der Waals surface area contributed by atoms with Gasteiger partial charge in [0.05, 0.1) is 6.85 Å². The molecular formula is C46H34. The van der Waals surface area contributed by atoms with Crippen LogP contribution in [-0.2, 0) is 10.8 Å². The van der Waals surface area contributed by atoms with Crippen LogP contribution in [0.15, 0.2) is 133 Å². The van der Waals surface area contributed by atoms with Crippen LogP contribution in [-0.4, -0.2) is 0 Å². The molecule has 0 spiro atoms. The van der Waals surface area contributed by atoms with Gasteiger partial charge in [0.25, 0.3) is 0 Å². The third-order valence-electron chi connectivity index (χ3n) is 11.1. The minimum atomic E-state index is -0.380. The second-order valence-electron chi connectivity index (χ2n) is 14.1. The van der Waals surface area contributed by atoms with Crippen molar-refractivity contribution in [3.05, 3.63) is 156 Å². The van der Waals surface area contributed by atoms with Crippen LogP contribution < -0.4 is 0 Å². The zero-order valence-electron chi connectivity index (χ0n) is 31.3. The number of rotatable bonds is 2. The zero-order valence-corrected chi connectivity index (χ0v) is 26.3. The predicted octanol–water partition coefficient (Wildman–Crippen LogP) is 12.5. The molecule has 8 aromatic carbocycles. The highest BCUT2D eigenvalue weighted by Gasteiger charge is 2.41. The highest BCUT2D eigenvalue weighted by atomic mass is 14.4. The monoisotopic (exact) mass is 591 g/mol. The first kappa shape index (κ1) is 21.5. The lowest BCUT2D eigenvalue weighted by atomic mass is 9.79. The Hall–Kier alpha value is -5.20. The molecule has 0 heteroatoms. The lowest BCUT2D eigenvalue weighted by Crippen LogP contribution is -2.17. The molecule has 46 heavy (non-hydrogen) atoms. The molecule has 0 unspecified atom stereocenters. The zero-order chi connectivity index (χ0) is 35.3. The molecule has 2 aliphatic rings. The maximum Gasteiger partial charge on any atom is 0.0629 e. The summed E-state index contributed by atoms with van der Waals surface area (Å²) < 4.78 is 42.2. The van der Waals surface area contributed by atoms with Crippen LogP contribution in [0.5, 0.6) is 0 Å². The third-order valence-corrected chi connectivity index (χ3v) is 11.1. The molecule has 218 valence electrons. The fourth-order valence-electron chi connectivity index (χ4n) is 8.75. The molecule has 0 aromatic heterocycles. The fourth-order valence-corrected chi connectivity index (χ4v) is 8.75. The van der Waals surface area contributed by atoms with Crippen molar-refractivity contribution < 1.29 is 6.85 Å². The Kier molecular flexibility index (Phi) is 4.09. The molecule has 0 saturated carbocycles. The third kappa shape index (κ3) is 3.24. The molecule has 0 radical (unpaired) electrons. The van der Waals surface area contributed by atoms with E-state index in [9.17, 15) is 0 Å². The van der Waals surface area contributed by atoms with E-state index in [-0.39, 0.29) is 46.6 Å². The van der Waals surface area contributed by atoms with E-state index in [2.05, 4.69) is 113 Å². The van der Waals surface area contributed by atoms with Gasteiger partial charge in [-0.15, -0.1) is 0 Å². The van der Waals surface area contributed by atoms with Crippen LogP contribution in [0.25, 0.3) is 76.8 Å². The topological polar surface area (TPSA) is 0 Å². The average molecular weight is 592 g/mol. The summed E-state index contributed by atoms with van der Waals surface area (Å²) in [6.07, 6.45) is 0. The maximum atomic E-state index is 8.71. The van der Waals surface area contributed by atoms with Gasteiger partial charge >= 0.3 is 0 Å². The second-order valence-corrected chi connectivity index (χ2v) is 14.1. The van der Waals surface area contributed by atoms with Crippen molar-refractivity contribution in [2.75, 3.05) is 0 Å². The number of benzene rings is 8. The molecule has 0 atom stereocenters. The van der Waals surface area contributed by atoms with Crippen molar-refractivity contribution in [2.24, 2.45) is 0 Å². The number of hydrogen-bond acceptors (Lipinski definition) is 0. The molecule has 8 aromatic rings. The van der Waals surface area contributed by atoms with Gasteiger partial charge in [-0.3, -0.25) is 0 Å². The highest BCUT2D eigenvalue weighted by molar-refractivity contribution is 6.27. The largest absolute Gasteiger partial charge is 0.0629 e. The van der Waals surface area contributed by atoms with Gasteiger partial charge in [0.15, 0.2) is 0 Å². The van der Waals surface area contributed by atoms with E-state index in [1.807, 2.05) is 18.2 Å². The summed E-state index contributed by atoms with van der Waals surface area (Å²) in [5, 5.41) is 6.34. The second kappa shape index (κ2) is 8.74. The molecule has 0 amide bonds. The van der Waals surface area contributed by atoms with E-state index in [4.69, 9.17) is 6.85 Å². The summed E-state index contributed by atoms with van der Waals surface area (Å²) in [7, 11) is 0. The van der Waals surface area contributed by atoms with Crippen molar-refractivity contribution in [3.63, 3.8) is 0 Å². The van der Waals surface area contributed by atoms with E-state index in [0.717, 1.165) is 43.4 Å². The molecule has 10 rings (SSSR count). The standard InChI is InChI=1S/C46H34/c1-45(2)39-13-9-8-12-33(39)37-25-42-38(26-41(37)45)34-21-18-30(24-40(34)46(42,3)4)32-20-15-29-16-22-35-31(27-10-6-5-7-11-27)19-14-28-17-23-36(32)44(29)43(28)35/h5-26H,1-4H3/i5D,6D,7D,10D,11D. The van der Waals surface area contributed by atoms with Gasteiger partial charge in [-0.05, 0) is 117 Å². The van der Waals surface area contributed by atoms with Crippen LogP contribution in [0, 0.1) is 0 Å². The van der Waals surface area contributed by atoms with E-state index in [0.29, 0.717) is 5.56 Å². The van der Waals surface area contributed by atoms with Gasteiger partial charge in [-0.1, -0.05) is 143 Å². The molecule has 0 aliphatic heterocycles.